The molecule has 1 unspecified atom stereocenters. The maximum Gasteiger partial charge on any atom is 0.304 e. The topological polar surface area (TPSA) is 40.5 Å². The zero-order valence-electron chi connectivity index (χ0n) is 9.08. The monoisotopic (exact) mass is 187 g/mol. The Hall–Kier alpha value is -0.570. The maximum atomic E-state index is 10.6. The minimum Gasteiger partial charge on any atom is -0.481 e. The van der Waals surface area contributed by atoms with Crippen molar-refractivity contribution >= 4 is 5.97 Å². The van der Waals surface area contributed by atoms with Crippen LogP contribution >= 0.6 is 0 Å². The van der Waals surface area contributed by atoms with Crippen molar-refractivity contribution in [2.75, 3.05) is 14.1 Å². The SMILES string of the molecule is CCC(CC)C(CC(=O)O)N(C)C. The van der Waals surface area contributed by atoms with E-state index in [1.165, 1.54) is 0 Å². The molecule has 3 heteroatoms. The molecule has 0 heterocycles. The second kappa shape index (κ2) is 5.97. The van der Waals surface area contributed by atoms with Crippen LogP contribution in [0.4, 0.5) is 0 Å². The molecule has 0 amide bonds. The van der Waals surface area contributed by atoms with Crippen LogP contribution in [0.3, 0.4) is 0 Å². The van der Waals surface area contributed by atoms with Gasteiger partial charge in [0.05, 0.1) is 6.42 Å². The Morgan fingerprint density at radius 2 is 1.77 bits per heavy atom. The van der Waals surface area contributed by atoms with Crippen LogP contribution in [0.5, 0.6) is 0 Å². The summed E-state index contributed by atoms with van der Waals surface area (Å²) >= 11 is 0. The summed E-state index contributed by atoms with van der Waals surface area (Å²) in [5.74, 6) is -0.211. The molecular weight excluding hydrogens is 166 g/mol. The number of carbonyl (C=O) groups is 1. The summed E-state index contributed by atoms with van der Waals surface area (Å²) in [5.41, 5.74) is 0. The molecule has 0 saturated carbocycles. The molecule has 78 valence electrons. The van der Waals surface area contributed by atoms with Crippen molar-refractivity contribution in [1.29, 1.82) is 0 Å². The van der Waals surface area contributed by atoms with Crippen LogP contribution in [0, 0.1) is 5.92 Å². The molecule has 0 aromatic heterocycles. The van der Waals surface area contributed by atoms with Crippen molar-refractivity contribution in [3.8, 4) is 0 Å². The average molecular weight is 187 g/mol. The molecule has 0 spiro atoms. The highest BCUT2D eigenvalue weighted by molar-refractivity contribution is 5.67. The number of rotatable bonds is 6. The summed E-state index contributed by atoms with van der Waals surface area (Å²) in [5, 5.41) is 8.75. The van der Waals surface area contributed by atoms with Gasteiger partial charge in [-0.15, -0.1) is 0 Å². The Balaban J connectivity index is 4.29. The second-order valence-corrected chi connectivity index (χ2v) is 3.71. The molecule has 0 aromatic carbocycles. The Morgan fingerprint density at radius 1 is 1.31 bits per heavy atom. The van der Waals surface area contributed by atoms with Gasteiger partial charge in [0, 0.05) is 6.04 Å². The van der Waals surface area contributed by atoms with Crippen molar-refractivity contribution in [3.05, 3.63) is 0 Å². The zero-order chi connectivity index (χ0) is 10.4. The first-order valence-electron chi connectivity index (χ1n) is 4.91. The van der Waals surface area contributed by atoms with Gasteiger partial charge < -0.3 is 10.0 Å². The van der Waals surface area contributed by atoms with E-state index in [1.54, 1.807) is 0 Å². The molecule has 0 fully saturated rings. The second-order valence-electron chi connectivity index (χ2n) is 3.71. The number of carboxylic acid groups (broad SMARTS) is 1. The number of nitrogens with zero attached hydrogens (tertiary/aromatic N) is 1. The highest BCUT2D eigenvalue weighted by Gasteiger charge is 2.22. The van der Waals surface area contributed by atoms with Gasteiger partial charge in [-0.2, -0.15) is 0 Å². The predicted octanol–water partition coefficient (Wildman–Crippen LogP) is 1.83. The van der Waals surface area contributed by atoms with Crippen molar-refractivity contribution in [2.24, 2.45) is 5.92 Å². The first-order chi connectivity index (χ1) is 6.02. The van der Waals surface area contributed by atoms with E-state index in [2.05, 4.69) is 13.8 Å². The van der Waals surface area contributed by atoms with E-state index in [0.717, 1.165) is 12.8 Å². The quantitative estimate of drug-likeness (QED) is 0.689. The molecule has 0 bridgehead atoms. The molecule has 13 heavy (non-hydrogen) atoms. The smallest absolute Gasteiger partial charge is 0.304 e. The molecule has 0 saturated heterocycles. The van der Waals surface area contributed by atoms with E-state index >= 15 is 0 Å². The molecule has 1 N–H and O–H groups in total. The third-order valence-corrected chi connectivity index (χ3v) is 2.64. The van der Waals surface area contributed by atoms with Gasteiger partial charge in [-0.25, -0.2) is 0 Å². The minimum absolute atomic E-state index is 0.174. The summed E-state index contributed by atoms with van der Waals surface area (Å²) in [4.78, 5) is 12.6. The van der Waals surface area contributed by atoms with Crippen LogP contribution in [0.15, 0.2) is 0 Å². The van der Waals surface area contributed by atoms with Gasteiger partial charge in [-0.3, -0.25) is 4.79 Å². The van der Waals surface area contributed by atoms with Gasteiger partial charge in [-0.05, 0) is 20.0 Å². The highest BCUT2D eigenvalue weighted by Crippen LogP contribution is 2.19. The van der Waals surface area contributed by atoms with Gasteiger partial charge in [0.2, 0.25) is 0 Å². The third kappa shape index (κ3) is 4.27. The summed E-state index contributed by atoms with van der Waals surface area (Å²) in [6, 6.07) is 0.174. The standard InChI is InChI=1S/C10H21NO2/c1-5-8(6-2)9(11(3)4)7-10(12)13/h8-9H,5-7H2,1-4H3,(H,12,13). The number of hydrogen-bond donors (Lipinski definition) is 1. The lowest BCUT2D eigenvalue weighted by atomic mass is 9.91. The normalized spacial score (nSPS) is 13.7. The van der Waals surface area contributed by atoms with E-state index < -0.39 is 5.97 Å². The third-order valence-electron chi connectivity index (χ3n) is 2.64. The molecule has 0 aliphatic carbocycles. The average Bonchev–Trinajstić information content (AvgIpc) is 2.04. The van der Waals surface area contributed by atoms with Crippen LogP contribution in [-0.4, -0.2) is 36.1 Å². The lowest BCUT2D eigenvalue weighted by molar-refractivity contribution is -0.138. The Morgan fingerprint density at radius 3 is 2.00 bits per heavy atom. The Bertz CT molecular complexity index is 153. The van der Waals surface area contributed by atoms with Crippen molar-refractivity contribution in [3.63, 3.8) is 0 Å². The summed E-state index contributed by atoms with van der Waals surface area (Å²) in [7, 11) is 3.90. The Labute approximate surface area is 80.7 Å². The van der Waals surface area contributed by atoms with Crippen LogP contribution in [0.25, 0.3) is 0 Å². The van der Waals surface area contributed by atoms with Gasteiger partial charge in [-0.1, -0.05) is 26.7 Å². The molecule has 1 atom stereocenters. The maximum absolute atomic E-state index is 10.6. The van der Waals surface area contributed by atoms with Gasteiger partial charge >= 0.3 is 5.97 Å². The molecule has 0 radical (unpaired) electrons. The van der Waals surface area contributed by atoms with Crippen molar-refractivity contribution < 1.29 is 9.90 Å². The fraction of sp³-hybridized carbons (Fsp3) is 0.900. The van der Waals surface area contributed by atoms with Gasteiger partial charge in [0.1, 0.15) is 0 Å². The highest BCUT2D eigenvalue weighted by atomic mass is 16.4. The predicted molar refractivity (Wildman–Crippen MR) is 53.8 cm³/mol. The molecule has 0 aliphatic rings. The summed E-state index contributed by atoms with van der Waals surface area (Å²) in [6.07, 6.45) is 2.35. The molecule has 0 aliphatic heterocycles. The first-order valence-corrected chi connectivity index (χ1v) is 4.91. The molecule has 0 rings (SSSR count). The van der Waals surface area contributed by atoms with Gasteiger partial charge in [0.15, 0.2) is 0 Å². The Kier molecular flexibility index (Phi) is 5.71. The lowest BCUT2D eigenvalue weighted by Crippen LogP contribution is -2.36. The largest absolute Gasteiger partial charge is 0.481 e. The van der Waals surface area contributed by atoms with Crippen LogP contribution in [-0.2, 0) is 4.79 Å². The zero-order valence-corrected chi connectivity index (χ0v) is 9.08. The summed E-state index contributed by atoms with van der Waals surface area (Å²) in [6.45, 7) is 4.24. The fourth-order valence-corrected chi connectivity index (χ4v) is 1.78. The van der Waals surface area contributed by atoms with Crippen LogP contribution in [0.1, 0.15) is 33.1 Å². The first kappa shape index (κ1) is 12.4. The van der Waals surface area contributed by atoms with Crippen LogP contribution in [0.2, 0.25) is 0 Å². The molecular formula is C10H21NO2. The number of aliphatic carboxylic acids is 1. The summed E-state index contributed by atoms with van der Waals surface area (Å²) < 4.78 is 0. The number of carboxylic acids is 1. The minimum atomic E-state index is -0.703. The van der Waals surface area contributed by atoms with Crippen LogP contribution < -0.4 is 0 Å². The van der Waals surface area contributed by atoms with E-state index in [0.29, 0.717) is 5.92 Å². The van der Waals surface area contributed by atoms with E-state index in [-0.39, 0.29) is 12.5 Å². The molecule has 3 nitrogen and oxygen atoms in total. The van der Waals surface area contributed by atoms with Crippen molar-refractivity contribution in [1.82, 2.24) is 4.90 Å². The van der Waals surface area contributed by atoms with Crippen molar-refractivity contribution in [2.45, 2.75) is 39.2 Å². The van der Waals surface area contributed by atoms with E-state index in [4.69, 9.17) is 5.11 Å². The molecule has 0 aromatic rings. The number of hydrogen-bond acceptors (Lipinski definition) is 2. The van der Waals surface area contributed by atoms with Gasteiger partial charge in [0.25, 0.3) is 0 Å². The van der Waals surface area contributed by atoms with E-state index in [1.807, 2.05) is 19.0 Å². The van der Waals surface area contributed by atoms with E-state index in [9.17, 15) is 4.79 Å². The lowest BCUT2D eigenvalue weighted by Gasteiger charge is -2.29. The fourth-order valence-electron chi connectivity index (χ4n) is 1.78.